The zero-order chi connectivity index (χ0) is 26.0. The van der Waals surface area contributed by atoms with Crippen molar-refractivity contribution in [3.63, 3.8) is 0 Å². The fraction of sp³-hybridized carbons (Fsp3) is 0.333. The normalized spacial score (nSPS) is 16.7. The molecule has 1 atom stereocenters. The maximum absolute atomic E-state index is 13.1. The number of aryl methyl sites for hydroxylation is 1. The first-order valence-corrected chi connectivity index (χ1v) is 11.9. The standard InChI is InChI=1S/C27H32N6O3/c1-29-24(34)18-7-5-17(6-8-18)16-30-25(35)23-21-15-27(28,14-13-22(21)33(4)31-23)20-11-9-19(10-12-20)26(36)32(2)3/h5-12H,13-16,28H2,1-4H3,(H,29,34)(H,30,35)/t27-/m1/s1. The van der Waals surface area contributed by atoms with Crippen LogP contribution in [0.3, 0.4) is 0 Å². The minimum Gasteiger partial charge on any atom is -0.355 e. The summed E-state index contributed by atoms with van der Waals surface area (Å²) in [5.74, 6) is -0.485. The number of hydrogen-bond acceptors (Lipinski definition) is 5. The minimum atomic E-state index is -0.666. The Morgan fingerprint density at radius 2 is 1.67 bits per heavy atom. The number of nitrogens with zero attached hydrogens (tertiary/aromatic N) is 3. The summed E-state index contributed by atoms with van der Waals surface area (Å²) in [4.78, 5) is 38.6. The maximum atomic E-state index is 13.1. The van der Waals surface area contributed by atoms with Crippen molar-refractivity contribution in [2.75, 3.05) is 21.1 Å². The van der Waals surface area contributed by atoms with Gasteiger partial charge in [0.05, 0.1) is 0 Å². The third kappa shape index (κ3) is 4.87. The molecule has 1 heterocycles. The van der Waals surface area contributed by atoms with E-state index in [0.717, 1.165) is 22.4 Å². The fourth-order valence-electron chi connectivity index (χ4n) is 4.66. The molecule has 0 spiro atoms. The third-order valence-corrected chi connectivity index (χ3v) is 6.80. The second kappa shape index (κ2) is 9.94. The van der Waals surface area contributed by atoms with Gasteiger partial charge in [0, 0.05) is 62.7 Å². The number of carbonyl (C=O) groups excluding carboxylic acids is 3. The number of aromatic nitrogens is 2. The molecule has 3 aromatic rings. The van der Waals surface area contributed by atoms with Crippen molar-refractivity contribution in [1.82, 2.24) is 25.3 Å². The van der Waals surface area contributed by atoms with Crippen LogP contribution in [0, 0.1) is 0 Å². The van der Waals surface area contributed by atoms with E-state index >= 15 is 0 Å². The van der Waals surface area contributed by atoms with Crippen LogP contribution in [0.5, 0.6) is 0 Å². The van der Waals surface area contributed by atoms with Crippen LogP contribution in [0.15, 0.2) is 48.5 Å². The maximum Gasteiger partial charge on any atom is 0.272 e. The lowest BCUT2D eigenvalue weighted by Gasteiger charge is -2.34. The number of amides is 3. The smallest absolute Gasteiger partial charge is 0.272 e. The van der Waals surface area contributed by atoms with Gasteiger partial charge < -0.3 is 21.3 Å². The summed E-state index contributed by atoms with van der Waals surface area (Å²) >= 11 is 0. The van der Waals surface area contributed by atoms with Gasteiger partial charge in [-0.25, -0.2) is 0 Å². The first-order chi connectivity index (χ1) is 17.1. The Balaban J connectivity index is 1.50. The molecule has 9 nitrogen and oxygen atoms in total. The van der Waals surface area contributed by atoms with E-state index in [-0.39, 0.29) is 17.7 Å². The molecule has 0 saturated heterocycles. The van der Waals surface area contributed by atoms with E-state index in [4.69, 9.17) is 5.73 Å². The number of carbonyl (C=O) groups is 3. The summed E-state index contributed by atoms with van der Waals surface area (Å²) in [6, 6.07) is 14.5. The van der Waals surface area contributed by atoms with Crippen LogP contribution in [0.1, 0.15) is 60.0 Å². The molecule has 4 N–H and O–H groups in total. The van der Waals surface area contributed by atoms with Gasteiger partial charge >= 0.3 is 0 Å². The van der Waals surface area contributed by atoms with Crippen molar-refractivity contribution in [2.24, 2.45) is 12.8 Å². The molecule has 36 heavy (non-hydrogen) atoms. The van der Waals surface area contributed by atoms with Crippen LogP contribution >= 0.6 is 0 Å². The Hall–Kier alpha value is -3.98. The molecule has 0 saturated carbocycles. The van der Waals surface area contributed by atoms with Gasteiger partial charge in [-0.2, -0.15) is 5.10 Å². The summed E-state index contributed by atoms with van der Waals surface area (Å²) in [6.45, 7) is 0.313. The van der Waals surface area contributed by atoms with Crippen molar-refractivity contribution < 1.29 is 14.4 Å². The van der Waals surface area contributed by atoms with E-state index in [0.29, 0.717) is 42.6 Å². The summed E-state index contributed by atoms with van der Waals surface area (Å²) in [5.41, 5.74) is 11.4. The molecule has 0 aliphatic heterocycles. The second-order valence-electron chi connectivity index (χ2n) is 9.47. The fourth-order valence-corrected chi connectivity index (χ4v) is 4.66. The van der Waals surface area contributed by atoms with Crippen molar-refractivity contribution >= 4 is 17.7 Å². The van der Waals surface area contributed by atoms with E-state index in [1.54, 1.807) is 50.1 Å². The van der Waals surface area contributed by atoms with E-state index in [2.05, 4.69) is 15.7 Å². The lowest BCUT2D eigenvalue weighted by Crippen LogP contribution is -2.43. The van der Waals surface area contributed by atoms with Gasteiger partial charge in [-0.05, 0) is 54.7 Å². The molecule has 0 unspecified atom stereocenters. The molecule has 9 heteroatoms. The van der Waals surface area contributed by atoms with Crippen molar-refractivity contribution in [1.29, 1.82) is 0 Å². The highest BCUT2D eigenvalue weighted by molar-refractivity contribution is 5.95. The summed E-state index contributed by atoms with van der Waals surface area (Å²) in [7, 11) is 6.87. The lowest BCUT2D eigenvalue weighted by atomic mass is 9.75. The van der Waals surface area contributed by atoms with E-state index in [9.17, 15) is 14.4 Å². The highest BCUT2D eigenvalue weighted by atomic mass is 16.2. The Morgan fingerprint density at radius 1 is 1.03 bits per heavy atom. The molecule has 1 aliphatic carbocycles. The van der Waals surface area contributed by atoms with E-state index in [1.807, 2.05) is 31.3 Å². The first kappa shape index (κ1) is 25.1. The van der Waals surface area contributed by atoms with Gasteiger partial charge in [0.25, 0.3) is 17.7 Å². The molecular formula is C27H32N6O3. The number of fused-ring (bicyclic) bond motifs is 1. The van der Waals surface area contributed by atoms with Crippen LogP contribution in [0.2, 0.25) is 0 Å². The van der Waals surface area contributed by atoms with Gasteiger partial charge in [0.1, 0.15) is 0 Å². The predicted molar refractivity (Wildman–Crippen MR) is 137 cm³/mol. The monoisotopic (exact) mass is 488 g/mol. The van der Waals surface area contributed by atoms with Crippen molar-refractivity contribution in [3.05, 3.63) is 87.7 Å². The van der Waals surface area contributed by atoms with Gasteiger partial charge in [0.2, 0.25) is 0 Å². The molecule has 0 radical (unpaired) electrons. The average molecular weight is 489 g/mol. The summed E-state index contributed by atoms with van der Waals surface area (Å²) < 4.78 is 1.76. The van der Waals surface area contributed by atoms with E-state index < -0.39 is 5.54 Å². The van der Waals surface area contributed by atoms with Crippen molar-refractivity contribution in [3.8, 4) is 0 Å². The summed E-state index contributed by atoms with van der Waals surface area (Å²) in [6.07, 6.45) is 1.88. The molecule has 4 rings (SSSR count). The third-order valence-electron chi connectivity index (χ3n) is 6.80. The Labute approximate surface area is 210 Å². The number of hydrogen-bond donors (Lipinski definition) is 3. The van der Waals surface area contributed by atoms with Gasteiger partial charge in [0.15, 0.2) is 5.69 Å². The summed E-state index contributed by atoms with van der Waals surface area (Å²) in [5, 5.41) is 10.0. The number of nitrogens with one attached hydrogen (secondary N) is 2. The molecule has 188 valence electrons. The van der Waals surface area contributed by atoms with Crippen LogP contribution in [-0.4, -0.2) is 53.5 Å². The molecule has 0 bridgehead atoms. The van der Waals surface area contributed by atoms with Crippen LogP contribution in [0.4, 0.5) is 0 Å². The minimum absolute atomic E-state index is 0.0620. The highest BCUT2D eigenvalue weighted by Gasteiger charge is 2.37. The quantitative estimate of drug-likeness (QED) is 0.488. The van der Waals surface area contributed by atoms with E-state index in [1.165, 1.54) is 4.90 Å². The first-order valence-electron chi connectivity index (χ1n) is 11.9. The number of rotatable bonds is 6. The molecule has 2 aromatic carbocycles. The Kier molecular flexibility index (Phi) is 6.94. The number of nitrogens with two attached hydrogens (primary N) is 1. The second-order valence-corrected chi connectivity index (χ2v) is 9.47. The number of benzene rings is 2. The Morgan fingerprint density at radius 3 is 2.28 bits per heavy atom. The topological polar surface area (TPSA) is 122 Å². The molecule has 0 fully saturated rings. The molecule has 3 amide bonds. The highest BCUT2D eigenvalue weighted by Crippen LogP contribution is 2.36. The zero-order valence-electron chi connectivity index (χ0n) is 21.1. The van der Waals surface area contributed by atoms with Crippen molar-refractivity contribution in [2.45, 2.75) is 31.3 Å². The van der Waals surface area contributed by atoms with Crippen LogP contribution < -0.4 is 16.4 Å². The SMILES string of the molecule is CNC(=O)c1ccc(CNC(=O)c2nn(C)c3c2C[C@@](N)(c2ccc(C(=O)N(C)C)cc2)CC3)cc1. The van der Waals surface area contributed by atoms with Gasteiger partial charge in [-0.15, -0.1) is 0 Å². The molecular weight excluding hydrogens is 456 g/mol. The van der Waals surface area contributed by atoms with Crippen LogP contribution in [-0.2, 0) is 32.0 Å². The van der Waals surface area contributed by atoms with Crippen LogP contribution in [0.25, 0.3) is 0 Å². The Bertz CT molecular complexity index is 1290. The zero-order valence-corrected chi connectivity index (χ0v) is 21.1. The molecule has 1 aliphatic rings. The largest absolute Gasteiger partial charge is 0.355 e. The average Bonchev–Trinajstić information content (AvgIpc) is 3.21. The van der Waals surface area contributed by atoms with Gasteiger partial charge in [-0.3, -0.25) is 19.1 Å². The molecule has 1 aromatic heterocycles. The van der Waals surface area contributed by atoms with Gasteiger partial charge in [-0.1, -0.05) is 24.3 Å². The predicted octanol–water partition coefficient (Wildman–Crippen LogP) is 1.75. The lowest BCUT2D eigenvalue weighted by molar-refractivity contribution is 0.0826.